The zero-order chi connectivity index (χ0) is 10.8. The number of fused-ring (bicyclic) bond motifs is 1. The van der Waals surface area contributed by atoms with Crippen molar-refractivity contribution < 1.29 is 0 Å². The molecule has 0 saturated heterocycles. The summed E-state index contributed by atoms with van der Waals surface area (Å²) >= 11 is 3.40. The molecule has 0 fully saturated rings. The minimum atomic E-state index is 0.533. The third-order valence-electron chi connectivity index (χ3n) is 2.23. The van der Waals surface area contributed by atoms with Crippen LogP contribution < -0.4 is 0 Å². The molecule has 2 aromatic carbocycles. The number of nitriles is 2. The van der Waals surface area contributed by atoms with E-state index >= 15 is 0 Å². The summed E-state index contributed by atoms with van der Waals surface area (Å²) in [5.74, 6) is 0. The van der Waals surface area contributed by atoms with Crippen molar-refractivity contribution in [3.63, 3.8) is 0 Å². The summed E-state index contributed by atoms with van der Waals surface area (Å²) in [4.78, 5) is 0. The molecular formula is C12H5BrN2. The molecule has 0 aliphatic rings. The van der Waals surface area contributed by atoms with E-state index in [1.165, 1.54) is 0 Å². The molecule has 2 rings (SSSR count). The van der Waals surface area contributed by atoms with Crippen LogP contribution in [0.5, 0.6) is 0 Å². The summed E-state index contributed by atoms with van der Waals surface area (Å²) in [5, 5.41) is 19.6. The van der Waals surface area contributed by atoms with Crippen LogP contribution in [0.15, 0.2) is 34.8 Å². The van der Waals surface area contributed by atoms with Crippen LogP contribution in [0.1, 0.15) is 11.1 Å². The van der Waals surface area contributed by atoms with Gasteiger partial charge in [-0.15, -0.1) is 0 Å². The van der Waals surface area contributed by atoms with Gasteiger partial charge in [-0.2, -0.15) is 10.5 Å². The highest BCUT2D eigenvalue weighted by atomic mass is 79.9. The van der Waals surface area contributed by atoms with Crippen LogP contribution in [0, 0.1) is 22.7 Å². The van der Waals surface area contributed by atoms with E-state index in [9.17, 15) is 0 Å². The van der Waals surface area contributed by atoms with Gasteiger partial charge in [0.25, 0.3) is 0 Å². The second kappa shape index (κ2) is 3.73. The lowest BCUT2D eigenvalue weighted by Gasteiger charge is -2.03. The smallest absolute Gasteiger partial charge is 0.0998 e. The molecule has 0 aromatic heterocycles. The summed E-state index contributed by atoms with van der Waals surface area (Å²) in [7, 11) is 0. The van der Waals surface area contributed by atoms with Gasteiger partial charge in [0.1, 0.15) is 0 Å². The van der Waals surface area contributed by atoms with Crippen LogP contribution >= 0.6 is 15.9 Å². The van der Waals surface area contributed by atoms with E-state index in [0.29, 0.717) is 11.1 Å². The average Bonchev–Trinajstić information content (AvgIpc) is 2.29. The molecule has 0 saturated carbocycles. The zero-order valence-corrected chi connectivity index (χ0v) is 9.25. The molecule has 0 aliphatic carbocycles. The number of benzene rings is 2. The molecule has 0 bridgehead atoms. The van der Waals surface area contributed by atoms with E-state index in [1.807, 2.05) is 18.2 Å². The van der Waals surface area contributed by atoms with Crippen LogP contribution in [0.4, 0.5) is 0 Å². The molecule has 0 heterocycles. The van der Waals surface area contributed by atoms with E-state index in [4.69, 9.17) is 10.5 Å². The first-order chi connectivity index (χ1) is 7.27. The molecule has 0 spiro atoms. The van der Waals surface area contributed by atoms with Crippen molar-refractivity contribution in [3.8, 4) is 12.1 Å². The standard InChI is InChI=1S/C12H5BrN2/c13-11-5-4-9(7-15)12-8(6-14)2-1-3-10(11)12/h1-5H. The molecule has 2 nitrogen and oxygen atoms in total. The summed E-state index contributed by atoms with van der Waals surface area (Å²) < 4.78 is 0.897. The minimum absolute atomic E-state index is 0.533. The normalized spacial score (nSPS) is 9.53. The average molecular weight is 257 g/mol. The molecule has 0 unspecified atom stereocenters. The van der Waals surface area contributed by atoms with E-state index in [2.05, 4.69) is 28.1 Å². The largest absolute Gasteiger partial charge is 0.192 e. The molecule has 0 N–H and O–H groups in total. The number of rotatable bonds is 0. The number of hydrogen-bond donors (Lipinski definition) is 0. The highest BCUT2D eigenvalue weighted by molar-refractivity contribution is 9.10. The quantitative estimate of drug-likeness (QED) is 0.726. The molecule has 0 amide bonds. The Bertz CT molecular complexity index is 598. The van der Waals surface area contributed by atoms with Crippen molar-refractivity contribution in [3.05, 3.63) is 45.9 Å². The van der Waals surface area contributed by atoms with Gasteiger partial charge in [-0.1, -0.05) is 28.1 Å². The van der Waals surface area contributed by atoms with Gasteiger partial charge in [0.2, 0.25) is 0 Å². The fourth-order valence-corrected chi connectivity index (χ4v) is 2.02. The SMILES string of the molecule is N#Cc1cccc2c(Br)ccc(C#N)c12. The fraction of sp³-hybridized carbons (Fsp3) is 0. The predicted molar refractivity (Wildman–Crippen MR) is 61.1 cm³/mol. The van der Waals surface area contributed by atoms with E-state index in [0.717, 1.165) is 15.2 Å². The molecule has 15 heavy (non-hydrogen) atoms. The Morgan fingerprint density at radius 1 is 0.933 bits per heavy atom. The maximum absolute atomic E-state index is 8.97. The topological polar surface area (TPSA) is 47.6 Å². The Balaban J connectivity index is 3.04. The summed E-state index contributed by atoms with van der Waals surface area (Å²) in [6.07, 6.45) is 0. The molecule has 0 atom stereocenters. The monoisotopic (exact) mass is 256 g/mol. The first-order valence-corrected chi connectivity index (χ1v) is 5.08. The van der Waals surface area contributed by atoms with Gasteiger partial charge in [-0.25, -0.2) is 0 Å². The number of hydrogen-bond acceptors (Lipinski definition) is 2. The van der Waals surface area contributed by atoms with Gasteiger partial charge in [0.05, 0.1) is 23.3 Å². The fourth-order valence-electron chi connectivity index (χ4n) is 1.56. The van der Waals surface area contributed by atoms with Gasteiger partial charge >= 0.3 is 0 Å². The zero-order valence-electron chi connectivity index (χ0n) is 7.66. The molecule has 3 heteroatoms. The van der Waals surface area contributed by atoms with Gasteiger partial charge in [0.15, 0.2) is 0 Å². The lowest BCUT2D eigenvalue weighted by atomic mass is 10.0. The second-order valence-corrected chi connectivity index (χ2v) is 3.90. The van der Waals surface area contributed by atoms with Gasteiger partial charge in [0, 0.05) is 9.86 Å². The lowest BCUT2D eigenvalue weighted by Crippen LogP contribution is -1.85. The van der Waals surface area contributed by atoms with Crippen LogP contribution in [-0.2, 0) is 0 Å². The van der Waals surface area contributed by atoms with Crippen molar-refractivity contribution in [2.24, 2.45) is 0 Å². The number of halogens is 1. The Morgan fingerprint density at radius 3 is 2.27 bits per heavy atom. The van der Waals surface area contributed by atoms with E-state index in [-0.39, 0.29) is 0 Å². The molecule has 0 aliphatic heterocycles. The van der Waals surface area contributed by atoms with Crippen LogP contribution in [-0.4, -0.2) is 0 Å². The molecule has 2 aromatic rings. The highest BCUT2D eigenvalue weighted by Crippen LogP contribution is 2.28. The molecule has 70 valence electrons. The predicted octanol–water partition coefficient (Wildman–Crippen LogP) is 3.35. The van der Waals surface area contributed by atoms with Gasteiger partial charge in [-0.3, -0.25) is 0 Å². The minimum Gasteiger partial charge on any atom is -0.192 e. The first-order valence-electron chi connectivity index (χ1n) is 4.29. The lowest BCUT2D eigenvalue weighted by molar-refractivity contribution is 1.48. The summed E-state index contributed by atoms with van der Waals surface area (Å²) in [5.41, 5.74) is 1.07. The van der Waals surface area contributed by atoms with Crippen molar-refractivity contribution in [2.75, 3.05) is 0 Å². The maximum Gasteiger partial charge on any atom is 0.0998 e. The van der Waals surface area contributed by atoms with Crippen molar-refractivity contribution >= 4 is 26.7 Å². The summed E-state index contributed by atoms with van der Waals surface area (Å²) in [6, 6.07) is 13.2. The summed E-state index contributed by atoms with van der Waals surface area (Å²) in [6.45, 7) is 0. The third kappa shape index (κ3) is 1.48. The highest BCUT2D eigenvalue weighted by Gasteiger charge is 2.07. The molecule has 0 radical (unpaired) electrons. The number of nitrogens with zero attached hydrogens (tertiary/aromatic N) is 2. The Morgan fingerprint density at radius 2 is 1.60 bits per heavy atom. The van der Waals surface area contributed by atoms with Gasteiger partial charge < -0.3 is 0 Å². The van der Waals surface area contributed by atoms with Crippen molar-refractivity contribution in [1.29, 1.82) is 10.5 Å². The second-order valence-electron chi connectivity index (χ2n) is 3.05. The Labute approximate surface area is 95.5 Å². The van der Waals surface area contributed by atoms with Crippen LogP contribution in [0.3, 0.4) is 0 Å². The van der Waals surface area contributed by atoms with E-state index < -0.39 is 0 Å². The first kappa shape index (κ1) is 9.71. The van der Waals surface area contributed by atoms with Gasteiger partial charge in [-0.05, 0) is 23.6 Å². The van der Waals surface area contributed by atoms with Crippen LogP contribution in [0.2, 0.25) is 0 Å². The third-order valence-corrected chi connectivity index (χ3v) is 2.92. The Kier molecular flexibility index (Phi) is 2.41. The van der Waals surface area contributed by atoms with Crippen LogP contribution in [0.25, 0.3) is 10.8 Å². The van der Waals surface area contributed by atoms with E-state index in [1.54, 1.807) is 12.1 Å². The molecular weight excluding hydrogens is 252 g/mol. The van der Waals surface area contributed by atoms with Crippen molar-refractivity contribution in [1.82, 2.24) is 0 Å². The van der Waals surface area contributed by atoms with Crippen molar-refractivity contribution in [2.45, 2.75) is 0 Å². The Hall–Kier alpha value is -1.84. The maximum atomic E-state index is 8.97.